The SMILES string of the molecule is CC(C)CN1CCOC(CNC(=O)c2ccsc2)C1. The maximum Gasteiger partial charge on any atom is 0.252 e. The lowest BCUT2D eigenvalue weighted by Crippen LogP contribution is -2.48. The number of carbonyl (C=O) groups excluding carboxylic acids is 1. The van der Waals surface area contributed by atoms with Crippen molar-refractivity contribution in [1.29, 1.82) is 0 Å². The van der Waals surface area contributed by atoms with Crippen molar-refractivity contribution in [3.8, 4) is 0 Å². The first-order valence-corrected chi connectivity index (χ1v) is 7.74. The van der Waals surface area contributed by atoms with E-state index in [4.69, 9.17) is 4.74 Å². The molecule has 1 amide bonds. The Hall–Kier alpha value is -0.910. The number of rotatable bonds is 5. The lowest BCUT2D eigenvalue weighted by molar-refractivity contribution is -0.0295. The van der Waals surface area contributed by atoms with Gasteiger partial charge in [0.2, 0.25) is 0 Å². The summed E-state index contributed by atoms with van der Waals surface area (Å²) in [5, 5.41) is 6.72. The monoisotopic (exact) mass is 282 g/mol. The van der Waals surface area contributed by atoms with Crippen LogP contribution in [0.5, 0.6) is 0 Å². The zero-order valence-corrected chi connectivity index (χ0v) is 12.4. The van der Waals surface area contributed by atoms with Crippen LogP contribution in [0.4, 0.5) is 0 Å². The van der Waals surface area contributed by atoms with E-state index in [1.807, 2.05) is 16.8 Å². The quantitative estimate of drug-likeness (QED) is 0.896. The van der Waals surface area contributed by atoms with E-state index in [1.165, 1.54) is 11.3 Å². The Balaban J connectivity index is 1.75. The summed E-state index contributed by atoms with van der Waals surface area (Å²) in [6, 6.07) is 1.84. The minimum atomic E-state index is -0.00849. The summed E-state index contributed by atoms with van der Waals surface area (Å²) in [4.78, 5) is 14.2. The van der Waals surface area contributed by atoms with Gasteiger partial charge in [0.05, 0.1) is 12.7 Å². The smallest absolute Gasteiger partial charge is 0.252 e. The van der Waals surface area contributed by atoms with Gasteiger partial charge < -0.3 is 10.1 Å². The zero-order chi connectivity index (χ0) is 13.7. The highest BCUT2D eigenvalue weighted by molar-refractivity contribution is 7.08. The Morgan fingerprint density at radius 1 is 1.63 bits per heavy atom. The fraction of sp³-hybridized carbons (Fsp3) is 0.643. The Labute approximate surface area is 118 Å². The number of hydrogen-bond acceptors (Lipinski definition) is 4. The van der Waals surface area contributed by atoms with Gasteiger partial charge >= 0.3 is 0 Å². The molecule has 2 rings (SSSR count). The molecule has 1 fully saturated rings. The van der Waals surface area contributed by atoms with Gasteiger partial charge in [0.1, 0.15) is 0 Å². The van der Waals surface area contributed by atoms with Gasteiger partial charge in [-0.05, 0) is 17.4 Å². The Kier molecular flexibility index (Phi) is 5.36. The molecule has 4 nitrogen and oxygen atoms in total. The molecule has 1 unspecified atom stereocenters. The highest BCUT2D eigenvalue weighted by Crippen LogP contribution is 2.09. The predicted octanol–water partition coefficient (Wildman–Crippen LogP) is 1.83. The van der Waals surface area contributed by atoms with Crippen LogP contribution in [0.3, 0.4) is 0 Å². The van der Waals surface area contributed by atoms with Gasteiger partial charge in [0.15, 0.2) is 0 Å². The van der Waals surface area contributed by atoms with E-state index in [2.05, 4.69) is 24.1 Å². The number of nitrogens with zero attached hydrogens (tertiary/aromatic N) is 1. The summed E-state index contributed by atoms with van der Waals surface area (Å²) in [6.07, 6.45) is 0.107. The van der Waals surface area contributed by atoms with Crippen LogP contribution in [-0.2, 0) is 4.74 Å². The van der Waals surface area contributed by atoms with Crippen molar-refractivity contribution in [3.05, 3.63) is 22.4 Å². The van der Waals surface area contributed by atoms with Crippen molar-refractivity contribution in [3.63, 3.8) is 0 Å². The fourth-order valence-corrected chi connectivity index (χ4v) is 2.92. The number of carbonyl (C=O) groups is 1. The molecule has 1 atom stereocenters. The maximum atomic E-state index is 11.8. The largest absolute Gasteiger partial charge is 0.374 e. The summed E-state index contributed by atoms with van der Waals surface area (Å²) < 4.78 is 5.70. The second-order valence-electron chi connectivity index (χ2n) is 5.37. The van der Waals surface area contributed by atoms with Crippen LogP contribution in [0.2, 0.25) is 0 Å². The van der Waals surface area contributed by atoms with Crippen molar-refractivity contribution in [2.24, 2.45) is 5.92 Å². The van der Waals surface area contributed by atoms with Crippen LogP contribution in [0.15, 0.2) is 16.8 Å². The molecule has 2 heterocycles. The molecule has 1 aliphatic heterocycles. The van der Waals surface area contributed by atoms with Crippen LogP contribution >= 0.6 is 11.3 Å². The first-order chi connectivity index (χ1) is 9.15. The van der Waals surface area contributed by atoms with Crippen molar-refractivity contribution >= 4 is 17.2 Å². The van der Waals surface area contributed by atoms with Crippen LogP contribution in [0.25, 0.3) is 0 Å². The number of nitrogens with one attached hydrogen (secondary N) is 1. The van der Waals surface area contributed by atoms with Crippen molar-refractivity contribution < 1.29 is 9.53 Å². The van der Waals surface area contributed by atoms with E-state index in [-0.39, 0.29) is 12.0 Å². The van der Waals surface area contributed by atoms with E-state index in [0.29, 0.717) is 12.5 Å². The topological polar surface area (TPSA) is 41.6 Å². The molecule has 0 spiro atoms. The summed E-state index contributed by atoms with van der Waals surface area (Å²) in [5.41, 5.74) is 0.736. The molecular formula is C14H22N2O2S. The van der Waals surface area contributed by atoms with Crippen LogP contribution in [0.1, 0.15) is 24.2 Å². The summed E-state index contributed by atoms with van der Waals surface area (Å²) in [5.74, 6) is 0.657. The minimum absolute atomic E-state index is 0.00849. The average molecular weight is 282 g/mol. The number of morpholine rings is 1. The fourth-order valence-electron chi connectivity index (χ4n) is 2.29. The van der Waals surface area contributed by atoms with E-state index in [9.17, 15) is 4.79 Å². The van der Waals surface area contributed by atoms with Gasteiger partial charge in [-0.25, -0.2) is 0 Å². The lowest BCUT2D eigenvalue weighted by atomic mass is 10.2. The third-order valence-electron chi connectivity index (χ3n) is 3.12. The molecule has 0 bridgehead atoms. The Morgan fingerprint density at radius 3 is 3.16 bits per heavy atom. The third-order valence-corrected chi connectivity index (χ3v) is 3.80. The van der Waals surface area contributed by atoms with Crippen LogP contribution in [-0.4, -0.2) is 49.7 Å². The molecule has 0 saturated carbocycles. The minimum Gasteiger partial charge on any atom is -0.374 e. The second kappa shape index (κ2) is 7.03. The summed E-state index contributed by atoms with van der Waals surface area (Å²) >= 11 is 1.54. The molecule has 1 N–H and O–H groups in total. The molecule has 0 aromatic carbocycles. The number of amides is 1. The summed E-state index contributed by atoms with van der Waals surface area (Å²) in [6.45, 7) is 8.79. The molecule has 19 heavy (non-hydrogen) atoms. The molecule has 1 aliphatic rings. The van der Waals surface area contributed by atoms with Gasteiger partial charge in [0, 0.05) is 37.1 Å². The molecule has 106 valence electrons. The highest BCUT2D eigenvalue weighted by atomic mass is 32.1. The first-order valence-electron chi connectivity index (χ1n) is 6.79. The van der Waals surface area contributed by atoms with Gasteiger partial charge in [-0.2, -0.15) is 11.3 Å². The number of thiophene rings is 1. The normalized spacial score (nSPS) is 20.7. The number of ether oxygens (including phenoxy) is 1. The van der Waals surface area contributed by atoms with Crippen LogP contribution in [0, 0.1) is 5.92 Å². The van der Waals surface area contributed by atoms with Crippen molar-refractivity contribution in [2.75, 3.05) is 32.8 Å². The second-order valence-corrected chi connectivity index (χ2v) is 6.15. The van der Waals surface area contributed by atoms with Gasteiger partial charge in [-0.3, -0.25) is 9.69 Å². The molecule has 0 aliphatic carbocycles. The van der Waals surface area contributed by atoms with Crippen molar-refractivity contribution in [2.45, 2.75) is 20.0 Å². The van der Waals surface area contributed by atoms with E-state index < -0.39 is 0 Å². The highest BCUT2D eigenvalue weighted by Gasteiger charge is 2.21. The third kappa shape index (κ3) is 4.60. The molecule has 1 saturated heterocycles. The van der Waals surface area contributed by atoms with Gasteiger partial charge in [-0.15, -0.1) is 0 Å². The maximum absolute atomic E-state index is 11.8. The molecular weight excluding hydrogens is 260 g/mol. The zero-order valence-electron chi connectivity index (χ0n) is 11.6. The first kappa shape index (κ1) is 14.5. The molecule has 0 radical (unpaired) electrons. The van der Waals surface area contributed by atoms with E-state index in [0.717, 1.165) is 31.8 Å². The Bertz CT molecular complexity index is 392. The Morgan fingerprint density at radius 2 is 2.47 bits per heavy atom. The molecule has 1 aromatic rings. The van der Waals surface area contributed by atoms with Crippen LogP contribution < -0.4 is 5.32 Å². The number of hydrogen-bond donors (Lipinski definition) is 1. The van der Waals surface area contributed by atoms with E-state index >= 15 is 0 Å². The predicted molar refractivity (Wildman–Crippen MR) is 77.7 cm³/mol. The average Bonchev–Trinajstić information content (AvgIpc) is 2.89. The van der Waals surface area contributed by atoms with Gasteiger partial charge in [-0.1, -0.05) is 13.8 Å². The van der Waals surface area contributed by atoms with E-state index in [1.54, 1.807) is 0 Å². The lowest BCUT2D eigenvalue weighted by Gasteiger charge is -2.33. The standard InChI is InChI=1S/C14H22N2O2S/c1-11(2)8-16-4-5-18-13(9-16)7-15-14(17)12-3-6-19-10-12/h3,6,10-11,13H,4-5,7-9H2,1-2H3,(H,15,17). The molecule has 5 heteroatoms. The summed E-state index contributed by atoms with van der Waals surface area (Å²) in [7, 11) is 0. The van der Waals surface area contributed by atoms with Gasteiger partial charge in [0.25, 0.3) is 5.91 Å². The van der Waals surface area contributed by atoms with Crippen molar-refractivity contribution in [1.82, 2.24) is 10.2 Å². The molecule has 1 aromatic heterocycles.